The number of benzene rings is 1. The lowest BCUT2D eigenvalue weighted by Gasteiger charge is -2.30. The average Bonchev–Trinajstić information content (AvgIpc) is 3.25. The second kappa shape index (κ2) is 6.82. The van der Waals surface area contributed by atoms with Crippen LogP contribution in [0.15, 0.2) is 42.7 Å². The minimum Gasteiger partial charge on any atom is -0.481 e. The number of likely N-dealkylation sites (tertiary alicyclic amines) is 1. The molecule has 2 fully saturated rings. The van der Waals surface area contributed by atoms with Crippen LogP contribution in [0.3, 0.4) is 0 Å². The van der Waals surface area contributed by atoms with E-state index >= 15 is 0 Å². The summed E-state index contributed by atoms with van der Waals surface area (Å²) in [5, 5.41) is 16.5. The Morgan fingerprint density at radius 3 is 2.58 bits per heavy atom. The third-order valence-corrected chi connectivity index (χ3v) is 5.28. The monoisotopic (exact) mass is 354 g/mol. The Kier molecular flexibility index (Phi) is 4.36. The molecule has 2 N–H and O–H groups in total. The third kappa shape index (κ3) is 3.42. The predicted octanol–water partition coefficient (Wildman–Crippen LogP) is 2.23. The van der Waals surface area contributed by atoms with Crippen molar-refractivity contribution in [3.05, 3.63) is 48.3 Å². The summed E-state index contributed by atoms with van der Waals surface area (Å²) in [6.07, 6.45) is 5.85. The van der Waals surface area contributed by atoms with Gasteiger partial charge in [0, 0.05) is 31.2 Å². The number of carbonyl (C=O) groups excluding carboxylic acids is 1. The van der Waals surface area contributed by atoms with Gasteiger partial charge in [-0.25, -0.2) is 9.48 Å². The predicted molar refractivity (Wildman–Crippen MR) is 95.2 cm³/mol. The van der Waals surface area contributed by atoms with Crippen molar-refractivity contribution in [3.63, 3.8) is 0 Å². The number of para-hydroxylation sites is 1. The van der Waals surface area contributed by atoms with Crippen molar-refractivity contribution in [1.82, 2.24) is 20.0 Å². The summed E-state index contributed by atoms with van der Waals surface area (Å²) in [7, 11) is 0. The van der Waals surface area contributed by atoms with Gasteiger partial charge in [0.15, 0.2) is 0 Å². The maximum Gasteiger partial charge on any atom is 0.317 e. The Hall–Kier alpha value is -2.83. The van der Waals surface area contributed by atoms with Crippen molar-refractivity contribution < 1.29 is 14.7 Å². The molecule has 2 amide bonds. The van der Waals surface area contributed by atoms with Gasteiger partial charge in [0.05, 0.1) is 17.8 Å². The zero-order valence-corrected chi connectivity index (χ0v) is 14.4. The van der Waals surface area contributed by atoms with E-state index < -0.39 is 5.97 Å². The summed E-state index contributed by atoms with van der Waals surface area (Å²) in [5.74, 6) is -0.785. The minimum atomic E-state index is -0.761. The number of nitrogens with one attached hydrogen (secondary N) is 1. The summed E-state index contributed by atoms with van der Waals surface area (Å²) in [6, 6.07) is 9.98. The summed E-state index contributed by atoms with van der Waals surface area (Å²) < 4.78 is 1.85. The molecule has 2 aliphatic rings. The highest BCUT2D eigenvalue weighted by Crippen LogP contribution is 2.41. The van der Waals surface area contributed by atoms with E-state index in [9.17, 15) is 9.59 Å². The van der Waals surface area contributed by atoms with Gasteiger partial charge in [0.2, 0.25) is 0 Å². The fourth-order valence-corrected chi connectivity index (χ4v) is 3.55. The van der Waals surface area contributed by atoms with Gasteiger partial charge in [0.25, 0.3) is 0 Å². The van der Waals surface area contributed by atoms with Gasteiger partial charge in [-0.15, -0.1) is 0 Å². The van der Waals surface area contributed by atoms with E-state index in [4.69, 9.17) is 5.11 Å². The number of rotatable bonds is 4. The molecule has 1 saturated carbocycles. The first-order valence-electron chi connectivity index (χ1n) is 9.00. The number of carbonyl (C=O) groups is 2. The van der Waals surface area contributed by atoms with Crippen LogP contribution >= 0.6 is 0 Å². The molecule has 2 heterocycles. The topological polar surface area (TPSA) is 87.5 Å². The van der Waals surface area contributed by atoms with Crippen molar-refractivity contribution >= 4 is 12.0 Å². The number of amides is 2. The number of urea groups is 1. The molecule has 4 rings (SSSR count). The molecule has 0 unspecified atom stereocenters. The highest BCUT2D eigenvalue weighted by atomic mass is 16.4. The molecule has 0 radical (unpaired) electrons. The lowest BCUT2D eigenvalue weighted by molar-refractivity contribution is -0.143. The van der Waals surface area contributed by atoms with Crippen LogP contribution in [0.4, 0.5) is 4.79 Å². The van der Waals surface area contributed by atoms with Gasteiger partial charge in [-0.2, -0.15) is 5.10 Å². The van der Waals surface area contributed by atoms with Crippen LogP contribution in [0, 0.1) is 5.92 Å². The van der Waals surface area contributed by atoms with Crippen molar-refractivity contribution in [3.8, 4) is 5.69 Å². The number of piperidine rings is 1. The first-order chi connectivity index (χ1) is 12.6. The molecule has 1 aromatic heterocycles. The Labute approximate surface area is 151 Å². The van der Waals surface area contributed by atoms with Crippen LogP contribution < -0.4 is 5.32 Å². The van der Waals surface area contributed by atoms with E-state index in [0.717, 1.165) is 17.7 Å². The summed E-state index contributed by atoms with van der Waals surface area (Å²) in [6.45, 7) is 1.01. The summed E-state index contributed by atoms with van der Waals surface area (Å²) in [4.78, 5) is 25.1. The number of hydrogen-bond donors (Lipinski definition) is 2. The highest BCUT2D eigenvalue weighted by Gasteiger charge is 2.41. The number of carboxylic acid groups (broad SMARTS) is 1. The van der Waals surface area contributed by atoms with Crippen LogP contribution in [0.25, 0.3) is 5.69 Å². The third-order valence-electron chi connectivity index (χ3n) is 5.28. The molecular formula is C19H22N4O3. The standard InChI is InChI=1S/C19H22N4O3/c24-18(25)13-6-8-22(9-7-13)19(26)21-17-10-16(17)14-11-20-23(12-14)15-4-2-1-3-5-15/h1-5,11-13,16-17H,6-10H2,(H,21,26)(H,24,25)/t16-,17+/m0/s1. The molecule has 1 aromatic carbocycles. The summed E-state index contributed by atoms with van der Waals surface area (Å²) in [5.41, 5.74) is 2.14. The number of nitrogens with zero attached hydrogens (tertiary/aromatic N) is 3. The quantitative estimate of drug-likeness (QED) is 0.881. The Morgan fingerprint density at radius 2 is 1.88 bits per heavy atom. The molecule has 1 aliphatic heterocycles. The van der Waals surface area contributed by atoms with Gasteiger partial charge in [-0.05, 0) is 37.0 Å². The van der Waals surface area contributed by atoms with Gasteiger partial charge in [0.1, 0.15) is 0 Å². The van der Waals surface area contributed by atoms with Crippen LogP contribution in [-0.2, 0) is 4.79 Å². The van der Waals surface area contributed by atoms with Gasteiger partial charge < -0.3 is 15.3 Å². The number of aromatic nitrogens is 2. The Bertz CT molecular complexity index is 796. The Balaban J connectivity index is 1.30. The van der Waals surface area contributed by atoms with E-state index in [2.05, 4.69) is 10.4 Å². The SMILES string of the molecule is O=C(O)C1CCN(C(=O)N[C@@H]2C[C@H]2c2cnn(-c3ccccc3)c2)CC1. The molecule has 7 heteroatoms. The molecule has 26 heavy (non-hydrogen) atoms. The molecule has 2 atom stereocenters. The van der Waals surface area contributed by atoms with Gasteiger partial charge in [-0.3, -0.25) is 4.79 Å². The van der Waals surface area contributed by atoms with E-state index in [1.807, 2.05) is 47.4 Å². The number of hydrogen-bond acceptors (Lipinski definition) is 3. The molecule has 1 aliphatic carbocycles. The van der Waals surface area contributed by atoms with Gasteiger partial charge in [-0.1, -0.05) is 18.2 Å². The van der Waals surface area contributed by atoms with Crippen LogP contribution in [-0.4, -0.2) is 50.9 Å². The smallest absolute Gasteiger partial charge is 0.317 e. The highest BCUT2D eigenvalue weighted by molar-refractivity contribution is 5.76. The lowest BCUT2D eigenvalue weighted by atomic mass is 9.97. The maximum absolute atomic E-state index is 12.4. The van der Waals surface area contributed by atoms with E-state index in [0.29, 0.717) is 31.8 Å². The fourth-order valence-electron chi connectivity index (χ4n) is 3.55. The van der Waals surface area contributed by atoms with Crippen molar-refractivity contribution in [1.29, 1.82) is 0 Å². The number of aliphatic carboxylic acids is 1. The fraction of sp³-hybridized carbons (Fsp3) is 0.421. The van der Waals surface area contributed by atoms with E-state index in [1.165, 1.54) is 0 Å². The largest absolute Gasteiger partial charge is 0.481 e. The van der Waals surface area contributed by atoms with E-state index in [1.54, 1.807) is 4.90 Å². The molecule has 7 nitrogen and oxygen atoms in total. The molecule has 0 spiro atoms. The first kappa shape index (κ1) is 16.6. The van der Waals surface area contributed by atoms with Crippen molar-refractivity contribution in [2.24, 2.45) is 5.92 Å². The second-order valence-corrected chi connectivity index (χ2v) is 7.05. The minimum absolute atomic E-state index is 0.0863. The average molecular weight is 354 g/mol. The zero-order chi connectivity index (χ0) is 18.1. The van der Waals surface area contributed by atoms with Crippen molar-refractivity contribution in [2.75, 3.05) is 13.1 Å². The first-order valence-corrected chi connectivity index (χ1v) is 9.00. The molecular weight excluding hydrogens is 332 g/mol. The molecule has 1 saturated heterocycles. The molecule has 0 bridgehead atoms. The summed E-state index contributed by atoms with van der Waals surface area (Å²) >= 11 is 0. The van der Waals surface area contributed by atoms with Crippen molar-refractivity contribution in [2.45, 2.75) is 31.2 Å². The zero-order valence-electron chi connectivity index (χ0n) is 14.4. The maximum atomic E-state index is 12.4. The van der Waals surface area contributed by atoms with E-state index in [-0.39, 0.29) is 18.0 Å². The van der Waals surface area contributed by atoms with Crippen LogP contribution in [0.5, 0.6) is 0 Å². The lowest BCUT2D eigenvalue weighted by Crippen LogP contribution is -2.46. The Morgan fingerprint density at radius 1 is 1.15 bits per heavy atom. The number of carboxylic acids is 1. The van der Waals surface area contributed by atoms with Crippen LogP contribution in [0.2, 0.25) is 0 Å². The normalized spacial score (nSPS) is 22.8. The molecule has 2 aromatic rings. The van der Waals surface area contributed by atoms with Gasteiger partial charge >= 0.3 is 12.0 Å². The van der Waals surface area contributed by atoms with Crippen LogP contribution in [0.1, 0.15) is 30.7 Å². The molecule has 136 valence electrons. The second-order valence-electron chi connectivity index (χ2n) is 7.05.